The molecular formula is C22H24O6. The van der Waals surface area contributed by atoms with Crippen LogP contribution in [-0.2, 0) is 14.2 Å². The average Bonchev–Trinajstić information content (AvgIpc) is 3.47. The minimum atomic E-state index is -0.559. The molecule has 0 bridgehead atoms. The Hall–Kier alpha value is -2.41. The summed E-state index contributed by atoms with van der Waals surface area (Å²) in [5, 5.41) is 0. The molecule has 2 fully saturated rings. The molecule has 0 radical (unpaired) electrons. The van der Waals surface area contributed by atoms with Crippen molar-refractivity contribution in [2.24, 2.45) is 0 Å². The van der Waals surface area contributed by atoms with E-state index in [1.54, 1.807) is 48.5 Å². The van der Waals surface area contributed by atoms with Crippen molar-refractivity contribution in [3.05, 3.63) is 59.7 Å². The third kappa shape index (κ3) is 4.90. The second kappa shape index (κ2) is 7.91. The fraction of sp³-hybridized carbons (Fsp3) is 0.409. The number of ether oxygens (including phenoxy) is 5. The van der Waals surface area contributed by atoms with Gasteiger partial charge in [-0.25, -0.2) is 0 Å². The number of hydrogen-bond acceptors (Lipinski definition) is 6. The second-order valence-electron chi connectivity index (χ2n) is 7.41. The molecule has 0 saturated carbocycles. The fourth-order valence-corrected chi connectivity index (χ4v) is 2.96. The minimum absolute atomic E-state index is 0.0436. The molecule has 0 spiro atoms. The average molecular weight is 384 g/mol. The summed E-state index contributed by atoms with van der Waals surface area (Å²) < 4.78 is 27.7. The lowest BCUT2D eigenvalue weighted by Crippen LogP contribution is -2.25. The summed E-state index contributed by atoms with van der Waals surface area (Å²) in [5.74, 6) is 0.821. The molecule has 0 N–H and O–H groups in total. The van der Waals surface area contributed by atoms with E-state index in [0.29, 0.717) is 36.7 Å². The van der Waals surface area contributed by atoms with Crippen molar-refractivity contribution < 1.29 is 28.5 Å². The van der Waals surface area contributed by atoms with E-state index in [2.05, 4.69) is 0 Å². The van der Waals surface area contributed by atoms with E-state index in [-0.39, 0.29) is 18.0 Å². The van der Waals surface area contributed by atoms with Gasteiger partial charge in [-0.05, 0) is 62.4 Å². The highest BCUT2D eigenvalue weighted by Crippen LogP contribution is 2.24. The van der Waals surface area contributed by atoms with Gasteiger partial charge in [0.15, 0.2) is 11.6 Å². The number of benzene rings is 2. The van der Waals surface area contributed by atoms with Gasteiger partial charge >= 0.3 is 0 Å². The molecular weight excluding hydrogens is 360 g/mol. The topological polar surface area (TPSA) is 66.5 Å². The summed E-state index contributed by atoms with van der Waals surface area (Å²) in [6.45, 7) is 5.99. The Morgan fingerprint density at radius 3 is 1.82 bits per heavy atom. The molecule has 6 heteroatoms. The van der Waals surface area contributed by atoms with Crippen molar-refractivity contribution in [3.8, 4) is 11.5 Å². The third-order valence-electron chi connectivity index (χ3n) is 4.57. The molecule has 28 heavy (non-hydrogen) atoms. The molecule has 0 aliphatic carbocycles. The maximum atomic E-state index is 12.6. The van der Waals surface area contributed by atoms with E-state index in [4.69, 9.17) is 23.7 Å². The van der Waals surface area contributed by atoms with Crippen molar-refractivity contribution in [3.63, 3.8) is 0 Å². The highest BCUT2D eigenvalue weighted by Gasteiger charge is 2.33. The molecule has 2 aromatic rings. The molecule has 0 aromatic heterocycles. The van der Waals surface area contributed by atoms with E-state index >= 15 is 0 Å². The van der Waals surface area contributed by atoms with Crippen LogP contribution in [-0.4, -0.2) is 50.2 Å². The Kier molecular flexibility index (Phi) is 5.35. The molecule has 2 heterocycles. The number of carbonyl (C=O) groups is 1. The SMILES string of the molecule is CC1(C)OC[C@@H](COc2ccc(C(=O)c3ccc(OC[C@H]4CO4)cc3)cc2)O1. The van der Waals surface area contributed by atoms with Crippen LogP contribution in [0.2, 0.25) is 0 Å². The van der Waals surface area contributed by atoms with E-state index in [0.717, 1.165) is 12.4 Å². The summed E-state index contributed by atoms with van der Waals surface area (Å²) in [5.41, 5.74) is 1.22. The van der Waals surface area contributed by atoms with Gasteiger partial charge < -0.3 is 23.7 Å². The van der Waals surface area contributed by atoms with Gasteiger partial charge in [-0.2, -0.15) is 0 Å². The molecule has 148 valence electrons. The number of rotatable bonds is 8. The smallest absolute Gasteiger partial charge is 0.193 e. The Morgan fingerprint density at radius 2 is 1.39 bits per heavy atom. The molecule has 4 rings (SSSR count). The van der Waals surface area contributed by atoms with Crippen LogP contribution in [0.15, 0.2) is 48.5 Å². The van der Waals surface area contributed by atoms with E-state index in [9.17, 15) is 4.79 Å². The largest absolute Gasteiger partial charge is 0.491 e. The first-order valence-corrected chi connectivity index (χ1v) is 9.42. The zero-order valence-corrected chi connectivity index (χ0v) is 16.1. The predicted molar refractivity (Wildman–Crippen MR) is 102 cm³/mol. The standard InChI is InChI=1S/C22H24O6/c1-22(2)27-14-20(28-22)13-25-18-9-5-16(6-10-18)21(23)15-3-7-17(8-4-15)24-11-19-12-26-19/h3-10,19-20H,11-14H2,1-2H3/t19-,20+/m0/s1. The van der Waals surface area contributed by atoms with Crippen LogP contribution in [0.5, 0.6) is 11.5 Å². The van der Waals surface area contributed by atoms with E-state index < -0.39 is 5.79 Å². The molecule has 2 saturated heterocycles. The summed E-state index contributed by atoms with van der Waals surface area (Å²) in [7, 11) is 0. The Morgan fingerprint density at radius 1 is 0.893 bits per heavy atom. The first-order chi connectivity index (χ1) is 13.5. The summed E-state index contributed by atoms with van der Waals surface area (Å²) >= 11 is 0. The highest BCUT2D eigenvalue weighted by molar-refractivity contribution is 6.09. The predicted octanol–water partition coefficient (Wildman–Crippen LogP) is 3.23. The summed E-state index contributed by atoms with van der Waals surface area (Å²) in [4.78, 5) is 12.6. The minimum Gasteiger partial charge on any atom is -0.491 e. The van der Waals surface area contributed by atoms with Crippen molar-refractivity contribution in [1.29, 1.82) is 0 Å². The lowest BCUT2D eigenvalue weighted by atomic mass is 10.0. The quantitative estimate of drug-likeness (QED) is 0.514. The van der Waals surface area contributed by atoms with Gasteiger partial charge in [0.25, 0.3) is 0 Å². The molecule has 6 nitrogen and oxygen atoms in total. The number of epoxide rings is 1. The zero-order chi connectivity index (χ0) is 19.6. The molecule has 0 amide bonds. The van der Waals surface area contributed by atoms with E-state index in [1.165, 1.54) is 0 Å². The summed E-state index contributed by atoms with van der Waals surface area (Å²) in [6, 6.07) is 14.3. The molecule has 2 aliphatic rings. The normalized spacial score (nSPS) is 22.6. The Balaban J connectivity index is 1.30. The second-order valence-corrected chi connectivity index (χ2v) is 7.41. The summed E-state index contributed by atoms with van der Waals surface area (Å²) in [6.07, 6.45) is 0.116. The molecule has 0 unspecified atom stereocenters. The van der Waals surface area contributed by atoms with Crippen molar-refractivity contribution in [2.45, 2.75) is 31.8 Å². The van der Waals surface area contributed by atoms with Crippen LogP contribution >= 0.6 is 0 Å². The van der Waals surface area contributed by atoms with Gasteiger partial charge in [0, 0.05) is 11.1 Å². The van der Waals surface area contributed by atoms with Crippen molar-refractivity contribution in [2.75, 3.05) is 26.4 Å². The van der Waals surface area contributed by atoms with Crippen LogP contribution in [0, 0.1) is 0 Å². The van der Waals surface area contributed by atoms with Gasteiger partial charge in [-0.1, -0.05) is 0 Å². The van der Waals surface area contributed by atoms with Crippen molar-refractivity contribution in [1.82, 2.24) is 0 Å². The lowest BCUT2D eigenvalue weighted by molar-refractivity contribution is -0.141. The first kappa shape index (κ1) is 18.9. The van der Waals surface area contributed by atoms with Gasteiger partial charge in [-0.15, -0.1) is 0 Å². The zero-order valence-electron chi connectivity index (χ0n) is 16.1. The number of ketones is 1. The van der Waals surface area contributed by atoms with Gasteiger partial charge in [-0.3, -0.25) is 4.79 Å². The Labute approximate surface area is 164 Å². The number of carbonyl (C=O) groups excluding carboxylic acids is 1. The third-order valence-corrected chi connectivity index (χ3v) is 4.57. The first-order valence-electron chi connectivity index (χ1n) is 9.42. The monoisotopic (exact) mass is 384 g/mol. The maximum absolute atomic E-state index is 12.6. The van der Waals surface area contributed by atoms with Crippen LogP contribution < -0.4 is 9.47 Å². The highest BCUT2D eigenvalue weighted by atomic mass is 16.7. The Bertz CT molecular complexity index is 808. The number of hydrogen-bond donors (Lipinski definition) is 0. The fourth-order valence-electron chi connectivity index (χ4n) is 2.96. The van der Waals surface area contributed by atoms with Crippen LogP contribution in [0.4, 0.5) is 0 Å². The van der Waals surface area contributed by atoms with Gasteiger partial charge in [0.1, 0.15) is 36.9 Å². The lowest BCUT2D eigenvalue weighted by Gasteiger charge is -2.17. The molecule has 2 aliphatic heterocycles. The van der Waals surface area contributed by atoms with Gasteiger partial charge in [0.2, 0.25) is 0 Å². The van der Waals surface area contributed by atoms with Crippen molar-refractivity contribution >= 4 is 5.78 Å². The molecule has 2 aromatic carbocycles. The van der Waals surface area contributed by atoms with Gasteiger partial charge in [0.05, 0.1) is 13.2 Å². The van der Waals surface area contributed by atoms with Crippen LogP contribution in [0.1, 0.15) is 29.8 Å². The van der Waals surface area contributed by atoms with Crippen LogP contribution in [0.25, 0.3) is 0 Å². The van der Waals surface area contributed by atoms with E-state index in [1.807, 2.05) is 13.8 Å². The maximum Gasteiger partial charge on any atom is 0.193 e. The van der Waals surface area contributed by atoms with Crippen LogP contribution in [0.3, 0.4) is 0 Å². The molecule has 2 atom stereocenters.